The van der Waals surface area contributed by atoms with Crippen LogP contribution in [-0.2, 0) is 19.7 Å². The molecule has 0 aliphatic rings. The Balaban J connectivity index is 2.68. The maximum Gasteiger partial charge on any atom is 0.500 e. The minimum Gasteiger partial charge on any atom is -0.374 e. The van der Waals surface area contributed by atoms with Crippen LogP contribution >= 0.6 is 11.8 Å². The molecule has 0 bridgehead atoms. The quantitative estimate of drug-likeness (QED) is 0.0743. The second-order valence-corrected chi connectivity index (χ2v) is 14.0. The van der Waals surface area contributed by atoms with E-state index in [4.69, 9.17) is 24.0 Å². The summed E-state index contributed by atoms with van der Waals surface area (Å²) in [7, 11) is -2.67. The average Bonchev–Trinajstić information content (AvgIpc) is 2.87. The summed E-state index contributed by atoms with van der Waals surface area (Å²) in [6, 6.07) is 1.20. The number of nitrogens with one attached hydrogen (secondary N) is 1. The van der Waals surface area contributed by atoms with Gasteiger partial charge >= 0.3 is 8.80 Å². The number of thioether (sulfide) groups is 1. The highest BCUT2D eigenvalue weighted by atomic mass is 32.2. The Hall–Kier alpha value is -0.783. The molecule has 222 valence electrons. The molecule has 38 heavy (non-hydrogen) atoms. The summed E-state index contributed by atoms with van der Waals surface area (Å²) in [4.78, 5) is 13.7. The first-order chi connectivity index (χ1) is 18.4. The van der Waals surface area contributed by atoms with Crippen LogP contribution in [0.4, 0.5) is 5.95 Å². The van der Waals surface area contributed by atoms with Gasteiger partial charge in [-0.1, -0.05) is 70.6 Å². The van der Waals surface area contributed by atoms with E-state index in [1.807, 2.05) is 20.8 Å². The van der Waals surface area contributed by atoms with Gasteiger partial charge in [0.2, 0.25) is 5.95 Å². The van der Waals surface area contributed by atoms with Crippen LogP contribution in [0.2, 0.25) is 6.04 Å². The molecule has 2 atom stereocenters. The minimum atomic E-state index is -2.67. The molecule has 0 saturated heterocycles. The van der Waals surface area contributed by atoms with Crippen molar-refractivity contribution in [2.24, 2.45) is 0 Å². The third-order valence-corrected chi connectivity index (χ3v) is 10.8. The number of nitrogens with two attached hydrogens (primary N) is 1. The van der Waals surface area contributed by atoms with E-state index in [1.165, 1.54) is 51.4 Å². The van der Waals surface area contributed by atoms with Gasteiger partial charge in [-0.25, -0.2) is 4.98 Å². The lowest BCUT2D eigenvalue weighted by Crippen LogP contribution is -2.46. The molecule has 0 aliphatic carbocycles. The third-order valence-electron chi connectivity index (χ3n) is 6.45. The Morgan fingerprint density at radius 2 is 1.45 bits per heavy atom. The molecule has 10 heteroatoms. The Bertz CT molecular complexity index is 702. The lowest BCUT2D eigenvalue weighted by Gasteiger charge is -2.28. The van der Waals surface area contributed by atoms with E-state index in [0.29, 0.717) is 43.5 Å². The summed E-state index contributed by atoms with van der Waals surface area (Å²) in [5.41, 5.74) is 6.11. The van der Waals surface area contributed by atoms with E-state index < -0.39 is 8.80 Å². The summed E-state index contributed by atoms with van der Waals surface area (Å²) in [6.45, 7) is 15.6. The molecular formula is C28H57N5O3SSi. The second-order valence-electron chi connectivity index (χ2n) is 9.97. The van der Waals surface area contributed by atoms with Crippen molar-refractivity contribution in [1.82, 2.24) is 20.3 Å². The number of aromatic nitrogens is 3. The van der Waals surface area contributed by atoms with E-state index in [9.17, 15) is 0 Å². The van der Waals surface area contributed by atoms with Crippen molar-refractivity contribution in [3.8, 4) is 0 Å². The molecule has 0 radical (unpaired) electrons. The van der Waals surface area contributed by atoms with Crippen LogP contribution in [0.5, 0.6) is 0 Å². The number of unbranched alkanes of at least 4 members (excludes halogenated alkanes) is 6. The van der Waals surface area contributed by atoms with Gasteiger partial charge in [-0.2, -0.15) is 9.97 Å². The van der Waals surface area contributed by atoms with E-state index in [2.05, 4.69) is 36.1 Å². The van der Waals surface area contributed by atoms with Gasteiger partial charge in [-0.05, 0) is 59.9 Å². The number of nitrogens with zero attached hydrogens (tertiary/aromatic N) is 3. The van der Waals surface area contributed by atoms with Gasteiger partial charge in [0.1, 0.15) is 5.82 Å². The zero-order valence-corrected chi connectivity index (χ0v) is 27.0. The smallest absolute Gasteiger partial charge is 0.374 e. The van der Waals surface area contributed by atoms with Gasteiger partial charge in [-0.3, -0.25) is 0 Å². The summed E-state index contributed by atoms with van der Waals surface area (Å²) in [5, 5.41) is 4.92. The summed E-state index contributed by atoms with van der Waals surface area (Å²) in [5.74, 6) is 1.03. The van der Waals surface area contributed by atoms with Gasteiger partial charge in [0.15, 0.2) is 5.16 Å². The van der Waals surface area contributed by atoms with E-state index in [-0.39, 0.29) is 0 Å². The molecule has 0 aliphatic heterocycles. The molecule has 1 rings (SSSR count). The Kier molecular flexibility index (Phi) is 20.4. The zero-order chi connectivity index (χ0) is 28.1. The fraction of sp³-hybridized carbons (Fsp3) is 0.893. The molecule has 8 nitrogen and oxygen atoms in total. The number of rotatable bonds is 25. The molecule has 1 aromatic rings. The predicted molar refractivity (Wildman–Crippen MR) is 163 cm³/mol. The van der Waals surface area contributed by atoms with Gasteiger partial charge in [-0.15, -0.1) is 0 Å². The van der Waals surface area contributed by atoms with Gasteiger partial charge in [0, 0.05) is 43.6 Å². The standard InChI is InChI=1S/C28H57N5O3SSi/c1-7-12-14-15-16-17-21-30-24(6)23-25(19-13-8-2)37-28-32-26(31-27(29)33-28)20-18-22-38(34-9-3,35-10-4)36-11-5/h24-25,30H,7-23H2,1-6H3,(H2,29,31,32,33). The van der Waals surface area contributed by atoms with Crippen LogP contribution in [0, 0.1) is 0 Å². The molecule has 3 N–H and O–H groups in total. The van der Waals surface area contributed by atoms with Crippen molar-refractivity contribution in [3.63, 3.8) is 0 Å². The van der Waals surface area contributed by atoms with E-state index >= 15 is 0 Å². The van der Waals surface area contributed by atoms with Gasteiger partial charge in [0.25, 0.3) is 0 Å². The van der Waals surface area contributed by atoms with Crippen LogP contribution in [0.25, 0.3) is 0 Å². The molecule has 0 spiro atoms. The zero-order valence-electron chi connectivity index (χ0n) is 25.2. The van der Waals surface area contributed by atoms with Crippen molar-refractivity contribution in [1.29, 1.82) is 0 Å². The number of aryl methyl sites for hydroxylation is 1. The van der Waals surface area contributed by atoms with Crippen LogP contribution in [0.15, 0.2) is 5.16 Å². The molecule has 1 aromatic heterocycles. The molecule has 0 amide bonds. The van der Waals surface area contributed by atoms with Gasteiger partial charge in [0.05, 0.1) is 0 Å². The Labute approximate surface area is 238 Å². The molecular weight excluding hydrogens is 514 g/mol. The normalized spacial score (nSPS) is 13.6. The third kappa shape index (κ3) is 15.7. The SMILES string of the molecule is CCCCCCCCNC(C)CC(CCCC)Sc1nc(N)nc(CCC[Si](OCC)(OCC)OCC)n1. The predicted octanol–water partition coefficient (Wildman–Crippen LogP) is 6.81. The number of anilines is 1. The molecule has 0 fully saturated rings. The van der Waals surface area contributed by atoms with E-state index in [1.54, 1.807) is 11.8 Å². The van der Waals surface area contributed by atoms with Crippen molar-refractivity contribution >= 4 is 26.5 Å². The highest BCUT2D eigenvalue weighted by Crippen LogP contribution is 2.28. The lowest BCUT2D eigenvalue weighted by atomic mass is 10.1. The van der Waals surface area contributed by atoms with Crippen molar-refractivity contribution in [2.75, 3.05) is 32.1 Å². The number of hydrogen-bond acceptors (Lipinski definition) is 9. The fourth-order valence-electron chi connectivity index (χ4n) is 4.58. The van der Waals surface area contributed by atoms with Gasteiger partial charge < -0.3 is 24.3 Å². The largest absolute Gasteiger partial charge is 0.500 e. The Morgan fingerprint density at radius 1 is 0.816 bits per heavy atom. The monoisotopic (exact) mass is 571 g/mol. The maximum absolute atomic E-state index is 6.11. The second kappa shape index (κ2) is 22.0. The van der Waals surface area contributed by atoms with Crippen molar-refractivity contribution < 1.29 is 13.3 Å². The topological polar surface area (TPSA) is 104 Å². The summed E-state index contributed by atoms with van der Waals surface area (Å²) >= 11 is 1.75. The molecule has 0 aromatic carbocycles. The number of hydrogen-bond donors (Lipinski definition) is 2. The highest BCUT2D eigenvalue weighted by molar-refractivity contribution is 7.99. The summed E-state index contributed by atoms with van der Waals surface area (Å²) < 4.78 is 18.0. The average molecular weight is 572 g/mol. The minimum absolute atomic E-state index is 0.295. The number of nitrogen functional groups attached to an aromatic ring is 1. The summed E-state index contributed by atoms with van der Waals surface area (Å²) in [6.07, 6.45) is 14.1. The first-order valence-corrected chi connectivity index (χ1v) is 18.0. The highest BCUT2D eigenvalue weighted by Gasteiger charge is 2.39. The molecule has 0 saturated carbocycles. The van der Waals surface area contributed by atoms with E-state index in [0.717, 1.165) is 42.8 Å². The van der Waals surface area contributed by atoms with Crippen LogP contribution in [0.1, 0.15) is 118 Å². The fourth-order valence-corrected chi connectivity index (χ4v) is 8.47. The first kappa shape index (κ1) is 35.2. The van der Waals surface area contributed by atoms with Crippen LogP contribution in [0.3, 0.4) is 0 Å². The molecule has 1 heterocycles. The maximum atomic E-state index is 6.11. The first-order valence-electron chi connectivity index (χ1n) is 15.2. The van der Waals surface area contributed by atoms with Crippen molar-refractivity contribution in [2.45, 2.75) is 141 Å². The molecule has 2 unspecified atom stereocenters. The Morgan fingerprint density at radius 3 is 2.08 bits per heavy atom. The van der Waals surface area contributed by atoms with Crippen molar-refractivity contribution in [3.05, 3.63) is 5.82 Å². The van der Waals surface area contributed by atoms with Crippen LogP contribution < -0.4 is 11.1 Å². The lowest BCUT2D eigenvalue weighted by molar-refractivity contribution is 0.0708. The van der Waals surface area contributed by atoms with Crippen LogP contribution in [-0.4, -0.2) is 61.4 Å².